The molecule has 3 rings (SSSR count). The molecule has 0 aliphatic heterocycles. The van der Waals surface area contributed by atoms with Crippen molar-refractivity contribution in [2.75, 3.05) is 0 Å². The molecule has 1 heterocycles. The standard InChI is InChI=1S/C18H18N2O2/c1-12-6-8-13(9-7-12)10-19-11-15-14-4-2-3-5-16(14)20-17(15)18(21)22/h2-9,19-20H,10-11H2,1H3,(H,21,22). The Morgan fingerprint density at radius 1 is 1.09 bits per heavy atom. The van der Waals surface area contributed by atoms with E-state index < -0.39 is 5.97 Å². The van der Waals surface area contributed by atoms with Gasteiger partial charge in [0, 0.05) is 29.6 Å². The second-order valence-electron chi connectivity index (χ2n) is 5.42. The van der Waals surface area contributed by atoms with Crippen LogP contribution < -0.4 is 5.32 Å². The van der Waals surface area contributed by atoms with Crippen LogP contribution in [0.3, 0.4) is 0 Å². The molecular weight excluding hydrogens is 276 g/mol. The summed E-state index contributed by atoms with van der Waals surface area (Å²) in [5.41, 5.74) is 4.33. The number of carbonyl (C=O) groups is 1. The van der Waals surface area contributed by atoms with Gasteiger partial charge in [-0.15, -0.1) is 0 Å². The van der Waals surface area contributed by atoms with Crippen LogP contribution >= 0.6 is 0 Å². The van der Waals surface area contributed by atoms with Crippen LogP contribution in [0.5, 0.6) is 0 Å². The van der Waals surface area contributed by atoms with Crippen molar-refractivity contribution in [3.8, 4) is 0 Å². The molecule has 0 amide bonds. The highest BCUT2D eigenvalue weighted by Gasteiger charge is 2.16. The average Bonchev–Trinajstić information content (AvgIpc) is 2.89. The second-order valence-corrected chi connectivity index (χ2v) is 5.42. The van der Waals surface area contributed by atoms with Gasteiger partial charge in [0.2, 0.25) is 0 Å². The van der Waals surface area contributed by atoms with Crippen LogP contribution in [0.2, 0.25) is 0 Å². The molecule has 22 heavy (non-hydrogen) atoms. The minimum atomic E-state index is -0.927. The average molecular weight is 294 g/mol. The van der Waals surface area contributed by atoms with Crippen molar-refractivity contribution in [1.29, 1.82) is 0 Å². The van der Waals surface area contributed by atoms with Gasteiger partial charge in [-0.1, -0.05) is 48.0 Å². The molecule has 0 atom stereocenters. The largest absolute Gasteiger partial charge is 0.477 e. The van der Waals surface area contributed by atoms with Crippen LogP contribution in [-0.4, -0.2) is 16.1 Å². The van der Waals surface area contributed by atoms with E-state index in [-0.39, 0.29) is 5.69 Å². The molecule has 0 spiro atoms. The summed E-state index contributed by atoms with van der Waals surface area (Å²) < 4.78 is 0. The number of nitrogens with one attached hydrogen (secondary N) is 2. The first-order valence-electron chi connectivity index (χ1n) is 7.24. The van der Waals surface area contributed by atoms with Gasteiger partial charge >= 0.3 is 5.97 Å². The number of carboxylic acid groups (broad SMARTS) is 1. The number of carboxylic acids is 1. The van der Waals surface area contributed by atoms with E-state index in [1.54, 1.807) is 0 Å². The summed E-state index contributed by atoms with van der Waals surface area (Å²) in [5.74, 6) is -0.927. The van der Waals surface area contributed by atoms with Crippen molar-refractivity contribution in [3.63, 3.8) is 0 Å². The summed E-state index contributed by atoms with van der Waals surface area (Å²) in [7, 11) is 0. The molecule has 4 heteroatoms. The molecule has 0 bridgehead atoms. The maximum absolute atomic E-state index is 11.4. The summed E-state index contributed by atoms with van der Waals surface area (Å²) in [4.78, 5) is 14.4. The molecule has 3 aromatic rings. The summed E-state index contributed by atoms with van der Waals surface area (Å²) in [6, 6.07) is 16.0. The molecule has 0 saturated carbocycles. The number of para-hydroxylation sites is 1. The van der Waals surface area contributed by atoms with E-state index in [0.717, 1.165) is 16.5 Å². The number of rotatable bonds is 5. The predicted molar refractivity (Wildman–Crippen MR) is 87.0 cm³/mol. The van der Waals surface area contributed by atoms with E-state index in [9.17, 15) is 9.90 Å². The van der Waals surface area contributed by atoms with E-state index in [1.807, 2.05) is 24.3 Å². The molecule has 0 aliphatic carbocycles. The van der Waals surface area contributed by atoms with Gasteiger partial charge in [0.15, 0.2) is 0 Å². The highest BCUT2D eigenvalue weighted by Crippen LogP contribution is 2.22. The van der Waals surface area contributed by atoms with E-state index in [1.165, 1.54) is 11.1 Å². The van der Waals surface area contributed by atoms with Gasteiger partial charge in [0.05, 0.1) is 0 Å². The number of hydrogen-bond donors (Lipinski definition) is 3. The Morgan fingerprint density at radius 3 is 2.55 bits per heavy atom. The Bertz CT molecular complexity index is 804. The SMILES string of the molecule is Cc1ccc(CNCc2c(C(=O)O)[nH]c3ccccc23)cc1. The Labute approximate surface area is 128 Å². The maximum atomic E-state index is 11.4. The normalized spacial score (nSPS) is 11.0. The smallest absolute Gasteiger partial charge is 0.352 e. The topological polar surface area (TPSA) is 65.1 Å². The third kappa shape index (κ3) is 2.87. The molecule has 112 valence electrons. The van der Waals surface area contributed by atoms with E-state index in [2.05, 4.69) is 41.5 Å². The molecular formula is C18H18N2O2. The van der Waals surface area contributed by atoms with Gasteiger partial charge in [-0.3, -0.25) is 0 Å². The molecule has 3 N–H and O–H groups in total. The molecule has 0 aliphatic rings. The molecule has 4 nitrogen and oxygen atoms in total. The van der Waals surface area contributed by atoms with Crippen molar-refractivity contribution in [2.45, 2.75) is 20.0 Å². The number of aromatic nitrogens is 1. The molecule has 0 radical (unpaired) electrons. The summed E-state index contributed by atoms with van der Waals surface area (Å²) in [5, 5.41) is 13.6. The number of fused-ring (bicyclic) bond motifs is 1. The lowest BCUT2D eigenvalue weighted by atomic mass is 10.1. The first-order chi connectivity index (χ1) is 10.6. The van der Waals surface area contributed by atoms with Crippen molar-refractivity contribution >= 4 is 16.9 Å². The summed E-state index contributed by atoms with van der Waals surface area (Å²) in [6.45, 7) is 3.28. The molecule has 2 aromatic carbocycles. The quantitative estimate of drug-likeness (QED) is 0.675. The van der Waals surface area contributed by atoms with Crippen molar-refractivity contribution < 1.29 is 9.90 Å². The van der Waals surface area contributed by atoms with Crippen LogP contribution in [0.1, 0.15) is 27.2 Å². The van der Waals surface area contributed by atoms with Gasteiger partial charge in [-0.05, 0) is 18.6 Å². The van der Waals surface area contributed by atoms with E-state index in [4.69, 9.17) is 0 Å². The molecule has 1 aromatic heterocycles. The van der Waals surface area contributed by atoms with Crippen LogP contribution in [0.25, 0.3) is 10.9 Å². The fourth-order valence-electron chi connectivity index (χ4n) is 2.60. The third-order valence-electron chi connectivity index (χ3n) is 3.78. The fraction of sp³-hybridized carbons (Fsp3) is 0.167. The van der Waals surface area contributed by atoms with Crippen molar-refractivity contribution in [3.05, 3.63) is 70.9 Å². The molecule has 0 fully saturated rings. The Hall–Kier alpha value is -2.59. The fourth-order valence-corrected chi connectivity index (χ4v) is 2.60. The van der Waals surface area contributed by atoms with E-state index in [0.29, 0.717) is 13.1 Å². The Balaban J connectivity index is 1.79. The first-order valence-corrected chi connectivity index (χ1v) is 7.24. The lowest BCUT2D eigenvalue weighted by molar-refractivity contribution is 0.0690. The second kappa shape index (κ2) is 6.03. The number of hydrogen-bond acceptors (Lipinski definition) is 2. The lowest BCUT2D eigenvalue weighted by Gasteiger charge is -2.06. The highest BCUT2D eigenvalue weighted by atomic mass is 16.4. The Kier molecular flexibility index (Phi) is 3.94. The van der Waals surface area contributed by atoms with Gasteiger partial charge in [0.25, 0.3) is 0 Å². The minimum absolute atomic E-state index is 0.262. The van der Waals surface area contributed by atoms with Crippen molar-refractivity contribution in [1.82, 2.24) is 10.3 Å². The number of aromatic amines is 1. The van der Waals surface area contributed by atoms with Gasteiger partial charge in [-0.25, -0.2) is 4.79 Å². The molecule has 0 saturated heterocycles. The van der Waals surface area contributed by atoms with Gasteiger partial charge < -0.3 is 15.4 Å². The zero-order valence-electron chi connectivity index (χ0n) is 12.4. The zero-order chi connectivity index (χ0) is 15.5. The maximum Gasteiger partial charge on any atom is 0.352 e. The van der Waals surface area contributed by atoms with E-state index >= 15 is 0 Å². The third-order valence-corrected chi connectivity index (χ3v) is 3.78. The van der Waals surface area contributed by atoms with Crippen LogP contribution in [0.15, 0.2) is 48.5 Å². The number of H-pyrrole nitrogens is 1. The van der Waals surface area contributed by atoms with Crippen LogP contribution in [0.4, 0.5) is 0 Å². The minimum Gasteiger partial charge on any atom is -0.477 e. The van der Waals surface area contributed by atoms with Gasteiger partial charge in [-0.2, -0.15) is 0 Å². The van der Waals surface area contributed by atoms with Crippen molar-refractivity contribution in [2.24, 2.45) is 0 Å². The number of aromatic carboxylic acids is 1. The summed E-state index contributed by atoms with van der Waals surface area (Å²) in [6.07, 6.45) is 0. The van der Waals surface area contributed by atoms with Gasteiger partial charge in [0.1, 0.15) is 5.69 Å². The monoisotopic (exact) mass is 294 g/mol. The number of benzene rings is 2. The van der Waals surface area contributed by atoms with Crippen LogP contribution in [-0.2, 0) is 13.1 Å². The van der Waals surface area contributed by atoms with Crippen LogP contribution in [0, 0.1) is 6.92 Å². The first kappa shape index (κ1) is 14.4. The molecule has 0 unspecified atom stereocenters. The predicted octanol–water partition coefficient (Wildman–Crippen LogP) is 3.46. The zero-order valence-corrected chi connectivity index (χ0v) is 12.4. The summed E-state index contributed by atoms with van der Waals surface area (Å²) >= 11 is 0. The lowest BCUT2D eigenvalue weighted by Crippen LogP contribution is -2.15. The Morgan fingerprint density at radius 2 is 1.82 bits per heavy atom. The number of aryl methyl sites for hydroxylation is 1. The highest BCUT2D eigenvalue weighted by molar-refractivity contribution is 5.97.